The molecule has 0 aliphatic rings. The number of rotatable bonds is 25. The highest BCUT2D eigenvalue weighted by Crippen LogP contribution is 2.41. The van der Waals surface area contributed by atoms with Crippen LogP contribution >= 0.6 is 0 Å². The lowest BCUT2D eigenvalue weighted by Crippen LogP contribution is -2.21. The van der Waals surface area contributed by atoms with E-state index in [1.807, 2.05) is 0 Å². The Balaban J connectivity index is 3.81. The lowest BCUT2D eigenvalue weighted by atomic mass is 9.71. The summed E-state index contributed by atoms with van der Waals surface area (Å²) >= 11 is 0. The molecule has 2 N–H and O–H groups in total. The summed E-state index contributed by atoms with van der Waals surface area (Å²) in [7, 11) is 0. The van der Waals surface area contributed by atoms with Gasteiger partial charge in [0, 0.05) is 0 Å². The van der Waals surface area contributed by atoms with Gasteiger partial charge in [0.2, 0.25) is 0 Å². The Morgan fingerprint density at radius 1 is 0.452 bits per heavy atom. The smallest absolute Gasteiger partial charge is 0.00773 e. The van der Waals surface area contributed by atoms with Crippen LogP contribution in [0.1, 0.15) is 168 Å². The van der Waals surface area contributed by atoms with Crippen molar-refractivity contribution < 1.29 is 0 Å². The zero-order chi connectivity index (χ0) is 22.9. The first kappa shape index (κ1) is 30.7. The molecule has 0 atom stereocenters. The van der Waals surface area contributed by atoms with Gasteiger partial charge in [-0.2, -0.15) is 0 Å². The third-order valence-corrected chi connectivity index (χ3v) is 7.25. The molecule has 0 unspecified atom stereocenters. The van der Waals surface area contributed by atoms with Crippen molar-refractivity contribution in [1.29, 1.82) is 0 Å². The fourth-order valence-corrected chi connectivity index (χ4v) is 5.05. The molecule has 0 rings (SSSR count). The van der Waals surface area contributed by atoms with Crippen molar-refractivity contribution in [2.45, 2.75) is 168 Å². The maximum atomic E-state index is 5.54. The van der Waals surface area contributed by atoms with Crippen LogP contribution in [0.15, 0.2) is 12.2 Å². The van der Waals surface area contributed by atoms with E-state index in [1.54, 1.807) is 0 Å². The van der Waals surface area contributed by atoms with Crippen LogP contribution < -0.4 is 5.73 Å². The second kappa shape index (κ2) is 24.3. The Kier molecular flexibility index (Phi) is 24.1. The van der Waals surface area contributed by atoms with Gasteiger partial charge < -0.3 is 5.73 Å². The first-order valence-corrected chi connectivity index (χ1v) is 14.6. The molecule has 0 aliphatic heterocycles. The second-order valence-corrected chi connectivity index (χ2v) is 10.3. The fourth-order valence-electron chi connectivity index (χ4n) is 5.05. The van der Waals surface area contributed by atoms with Gasteiger partial charge in [0.1, 0.15) is 0 Å². The standard InChI is InChI=1S/C30H61N/c1-4-7-25-30(26-8-5-2,27-9-6-3)28-23-21-19-17-15-13-11-10-12-14-16-18-20-22-24-29-31/h10-11H,4-9,12-29,31H2,1-3H3/b11-10-. The predicted molar refractivity (Wildman–Crippen MR) is 144 cm³/mol. The largest absolute Gasteiger partial charge is 0.330 e. The third-order valence-electron chi connectivity index (χ3n) is 7.25. The summed E-state index contributed by atoms with van der Waals surface area (Å²) in [6.07, 6.45) is 37.1. The summed E-state index contributed by atoms with van der Waals surface area (Å²) in [5.41, 5.74) is 6.21. The molecule has 0 aromatic heterocycles. The topological polar surface area (TPSA) is 26.0 Å². The normalized spacial score (nSPS) is 12.3. The average molecular weight is 436 g/mol. The molecule has 0 saturated heterocycles. The van der Waals surface area contributed by atoms with Gasteiger partial charge in [-0.1, -0.05) is 123 Å². The molecular formula is C30H61N. The van der Waals surface area contributed by atoms with Crippen LogP contribution in [-0.2, 0) is 0 Å². The monoisotopic (exact) mass is 435 g/mol. The number of allylic oxidation sites excluding steroid dienone is 2. The molecule has 0 bridgehead atoms. The van der Waals surface area contributed by atoms with Crippen LogP contribution in [0, 0.1) is 5.41 Å². The van der Waals surface area contributed by atoms with E-state index in [1.165, 1.54) is 148 Å². The van der Waals surface area contributed by atoms with Crippen molar-refractivity contribution in [3.63, 3.8) is 0 Å². The maximum Gasteiger partial charge on any atom is -0.00773 e. The number of hydrogen-bond donors (Lipinski definition) is 1. The molecule has 31 heavy (non-hydrogen) atoms. The van der Waals surface area contributed by atoms with E-state index in [0.717, 1.165) is 6.54 Å². The minimum absolute atomic E-state index is 0.676. The van der Waals surface area contributed by atoms with Crippen molar-refractivity contribution in [3.8, 4) is 0 Å². The molecule has 0 aliphatic carbocycles. The first-order chi connectivity index (χ1) is 15.2. The number of unbranched alkanes of at least 4 members (excludes halogenated alkanes) is 14. The molecule has 1 heteroatoms. The maximum absolute atomic E-state index is 5.54. The van der Waals surface area contributed by atoms with Crippen molar-refractivity contribution in [2.75, 3.05) is 6.54 Å². The van der Waals surface area contributed by atoms with Crippen molar-refractivity contribution in [1.82, 2.24) is 0 Å². The summed E-state index contributed by atoms with van der Waals surface area (Å²) < 4.78 is 0. The Hall–Kier alpha value is -0.300. The summed E-state index contributed by atoms with van der Waals surface area (Å²) in [5, 5.41) is 0. The lowest BCUT2D eigenvalue weighted by Gasteiger charge is -2.35. The van der Waals surface area contributed by atoms with Crippen LogP contribution in [0.5, 0.6) is 0 Å². The molecule has 0 radical (unpaired) electrons. The summed E-state index contributed by atoms with van der Waals surface area (Å²) in [6, 6.07) is 0. The van der Waals surface area contributed by atoms with E-state index in [4.69, 9.17) is 5.73 Å². The van der Waals surface area contributed by atoms with E-state index in [0.29, 0.717) is 5.41 Å². The van der Waals surface area contributed by atoms with Gasteiger partial charge >= 0.3 is 0 Å². The van der Waals surface area contributed by atoms with E-state index in [2.05, 4.69) is 32.9 Å². The molecule has 0 saturated carbocycles. The van der Waals surface area contributed by atoms with Gasteiger partial charge in [-0.25, -0.2) is 0 Å². The van der Waals surface area contributed by atoms with Crippen LogP contribution in [0.3, 0.4) is 0 Å². The zero-order valence-electron chi connectivity index (χ0n) is 22.2. The van der Waals surface area contributed by atoms with Crippen LogP contribution in [0.2, 0.25) is 0 Å². The minimum Gasteiger partial charge on any atom is -0.330 e. The van der Waals surface area contributed by atoms with Gasteiger partial charge in [-0.3, -0.25) is 0 Å². The highest BCUT2D eigenvalue weighted by atomic mass is 14.5. The number of hydrogen-bond acceptors (Lipinski definition) is 1. The van der Waals surface area contributed by atoms with Crippen LogP contribution in [-0.4, -0.2) is 6.54 Å². The quantitative estimate of drug-likeness (QED) is 0.112. The Bertz CT molecular complexity index is 338. The summed E-state index contributed by atoms with van der Waals surface area (Å²) in [5.74, 6) is 0. The predicted octanol–water partition coefficient (Wildman–Crippen LogP) is 10.5. The Morgan fingerprint density at radius 2 is 0.806 bits per heavy atom. The highest BCUT2D eigenvalue weighted by molar-refractivity contribution is 4.82. The number of nitrogens with two attached hydrogens (primary N) is 1. The van der Waals surface area contributed by atoms with Crippen molar-refractivity contribution in [3.05, 3.63) is 12.2 Å². The van der Waals surface area contributed by atoms with E-state index in [9.17, 15) is 0 Å². The van der Waals surface area contributed by atoms with Gasteiger partial charge in [0.25, 0.3) is 0 Å². The molecular weight excluding hydrogens is 374 g/mol. The molecule has 0 heterocycles. The SMILES string of the molecule is CCCCC(CCCC)(CCCC)CCCCCCC/C=C\CCCCCCCCN. The second-order valence-electron chi connectivity index (χ2n) is 10.3. The minimum atomic E-state index is 0.676. The molecule has 186 valence electrons. The van der Waals surface area contributed by atoms with Crippen LogP contribution in [0.4, 0.5) is 0 Å². The molecule has 1 nitrogen and oxygen atoms in total. The zero-order valence-corrected chi connectivity index (χ0v) is 22.2. The third kappa shape index (κ3) is 20.1. The molecule has 0 amide bonds. The van der Waals surface area contributed by atoms with E-state index in [-0.39, 0.29) is 0 Å². The van der Waals surface area contributed by atoms with Crippen LogP contribution in [0.25, 0.3) is 0 Å². The summed E-state index contributed by atoms with van der Waals surface area (Å²) in [4.78, 5) is 0. The average Bonchev–Trinajstić information content (AvgIpc) is 2.79. The first-order valence-electron chi connectivity index (χ1n) is 14.6. The van der Waals surface area contributed by atoms with Gasteiger partial charge in [0.15, 0.2) is 0 Å². The summed E-state index contributed by atoms with van der Waals surface area (Å²) in [6.45, 7) is 7.96. The Labute approximate surface area is 198 Å². The molecule has 0 spiro atoms. The van der Waals surface area contributed by atoms with E-state index < -0.39 is 0 Å². The van der Waals surface area contributed by atoms with Gasteiger partial charge in [0.05, 0.1) is 0 Å². The molecule has 0 aromatic carbocycles. The lowest BCUT2D eigenvalue weighted by molar-refractivity contribution is 0.176. The molecule has 0 aromatic rings. The highest BCUT2D eigenvalue weighted by Gasteiger charge is 2.27. The fraction of sp³-hybridized carbons (Fsp3) is 0.933. The van der Waals surface area contributed by atoms with Gasteiger partial charge in [-0.05, 0) is 69.7 Å². The van der Waals surface area contributed by atoms with Crippen molar-refractivity contribution >= 4 is 0 Å². The van der Waals surface area contributed by atoms with Gasteiger partial charge in [-0.15, -0.1) is 0 Å². The molecule has 0 fully saturated rings. The van der Waals surface area contributed by atoms with Crippen molar-refractivity contribution in [2.24, 2.45) is 11.1 Å². The van der Waals surface area contributed by atoms with E-state index >= 15 is 0 Å². The Morgan fingerprint density at radius 3 is 1.23 bits per heavy atom.